The lowest BCUT2D eigenvalue weighted by molar-refractivity contribution is -0.137. The van der Waals surface area contributed by atoms with Gasteiger partial charge in [0.05, 0.1) is 45.8 Å². The first-order valence-electron chi connectivity index (χ1n) is 11.8. The molecule has 0 radical (unpaired) electrons. The lowest BCUT2D eigenvalue weighted by atomic mass is 10.2. The molecule has 0 aliphatic carbocycles. The fraction of sp³-hybridized carbons (Fsp3) is 0.435. The SMILES string of the molecule is CCc1nc(N2CCNCC2)ccc1Nc1ncc(C(F)(F)F)c(-c2cc3c(s2)COCCS3(=O)=O)n1. The first-order chi connectivity index (χ1) is 17.7. The number of aryl methyl sites for hydroxylation is 1. The van der Waals surface area contributed by atoms with Crippen molar-refractivity contribution in [3.05, 3.63) is 40.5 Å². The van der Waals surface area contributed by atoms with Crippen LogP contribution in [0.4, 0.5) is 30.6 Å². The standard InChI is InChI=1S/C23H25F3N6O3S2/c1-2-15-16(3-4-20(29-15)32-7-5-27-6-8-32)30-22-28-12-14(23(24,25)26)21(31-22)17-11-19-18(36-17)13-35-9-10-37(19,33)34/h3-4,11-12,27H,2,5-10,13H2,1H3,(H,28,30,31). The molecule has 5 rings (SSSR count). The second-order valence-corrected chi connectivity index (χ2v) is 11.8. The van der Waals surface area contributed by atoms with Crippen LogP contribution < -0.4 is 15.5 Å². The number of hydrogen-bond donors (Lipinski definition) is 2. The van der Waals surface area contributed by atoms with Crippen LogP contribution in [0, 0.1) is 0 Å². The average molecular weight is 555 g/mol. The maximum absolute atomic E-state index is 13.9. The third-order valence-corrected chi connectivity index (χ3v) is 9.13. The Kier molecular flexibility index (Phi) is 7.09. The molecule has 1 saturated heterocycles. The second-order valence-electron chi connectivity index (χ2n) is 8.60. The molecule has 5 heterocycles. The van der Waals surface area contributed by atoms with Crippen LogP contribution in [0.2, 0.25) is 0 Å². The van der Waals surface area contributed by atoms with E-state index in [1.165, 1.54) is 6.07 Å². The van der Waals surface area contributed by atoms with Crippen LogP contribution >= 0.6 is 11.3 Å². The molecule has 1 fully saturated rings. The number of pyridine rings is 1. The van der Waals surface area contributed by atoms with Crippen molar-refractivity contribution in [3.63, 3.8) is 0 Å². The Morgan fingerprint density at radius 3 is 2.73 bits per heavy atom. The first kappa shape index (κ1) is 25.8. The highest BCUT2D eigenvalue weighted by Gasteiger charge is 2.37. The molecule has 3 aromatic heterocycles. The van der Waals surface area contributed by atoms with Crippen LogP contribution in [0.1, 0.15) is 23.1 Å². The number of aromatic nitrogens is 3. The van der Waals surface area contributed by atoms with Crippen LogP contribution in [-0.4, -0.2) is 61.9 Å². The molecule has 0 saturated carbocycles. The van der Waals surface area contributed by atoms with Crippen LogP contribution in [0.15, 0.2) is 29.3 Å². The van der Waals surface area contributed by atoms with Crippen molar-refractivity contribution in [1.82, 2.24) is 20.3 Å². The number of nitrogens with one attached hydrogen (secondary N) is 2. The Bertz CT molecular complexity index is 1410. The summed E-state index contributed by atoms with van der Waals surface area (Å²) < 4.78 is 72.1. The van der Waals surface area contributed by atoms with Crippen molar-refractivity contribution in [3.8, 4) is 10.6 Å². The summed E-state index contributed by atoms with van der Waals surface area (Å²) in [5.41, 5.74) is -0.116. The highest BCUT2D eigenvalue weighted by molar-refractivity contribution is 7.91. The van der Waals surface area contributed by atoms with Gasteiger partial charge in [0.1, 0.15) is 11.4 Å². The summed E-state index contributed by atoms with van der Waals surface area (Å²) in [7, 11) is -3.67. The van der Waals surface area contributed by atoms with E-state index >= 15 is 0 Å². The lowest BCUT2D eigenvalue weighted by Crippen LogP contribution is -2.43. The van der Waals surface area contributed by atoms with Crippen LogP contribution in [0.3, 0.4) is 0 Å². The number of thiophene rings is 1. The zero-order chi connectivity index (χ0) is 26.2. The molecule has 2 aliphatic heterocycles. The second kappa shape index (κ2) is 10.2. The minimum atomic E-state index is -4.73. The number of sulfone groups is 1. The van der Waals surface area contributed by atoms with Crippen LogP contribution in [-0.2, 0) is 33.8 Å². The molecular formula is C23H25F3N6O3S2. The number of nitrogens with zero attached hydrogens (tertiary/aromatic N) is 4. The van der Waals surface area contributed by atoms with Crippen molar-refractivity contribution in [2.24, 2.45) is 0 Å². The number of fused-ring (bicyclic) bond motifs is 1. The minimum Gasteiger partial charge on any atom is -0.375 e. The Balaban J connectivity index is 1.51. The zero-order valence-corrected chi connectivity index (χ0v) is 21.6. The molecule has 0 atom stereocenters. The number of anilines is 3. The molecule has 0 amide bonds. The number of rotatable bonds is 5. The minimum absolute atomic E-state index is 0.00721. The monoisotopic (exact) mass is 554 g/mol. The lowest BCUT2D eigenvalue weighted by Gasteiger charge is -2.29. The van der Waals surface area contributed by atoms with Crippen LogP contribution in [0.5, 0.6) is 0 Å². The number of alkyl halides is 3. The van der Waals surface area contributed by atoms with Gasteiger partial charge >= 0.3 is 6.18 Å². The highest BCUT2D eigenvalue weighted by Crippen LogP contribution is 2.42. The largest absolute Gasteiger partial charge is 0.420 e. The molecule has 2 aliphatic rings. The van der Waals surface area contributed by atoms with Gasteiger partial charge in [-0.05, 0) is 24.6 Å². The summed E-state index contributed by atoms with van der Waals surface area (Å²) in [6.07, 6.45) is -3.42. The topological polar surface area (TPSA) is 109 Å². The third kappa shape index (κ3) is 5.42. The van der Waals surface area contributed by atoms with E-state index in [0.717, 1.165) is 55.2 Å². The summed E-state index contributed by atoms with van der Waals surface area (Å²) >= 11 is 0.930. The van der Waals surface area contributed by atoms with Gasteiger partial charge in [0.2, 0.25) is 5.95 Å². The van der Waals surface area contributed by atoms with Gasteiger partial charge in [-0.15, -0.1) is 11.3 Å². The molecule has 0 unspecified atom stereocenters. The maximum Gasteiger partial charge on any atom is 0.420 e. The summed E-state index contributed by atoms with van der Waals surface area (Å²) in [6, 6.07) is 4.94. The van der Waals surface area contributed by atoms with Gasteiger partial charge in [0, 0.05) is 37.3 Å². The van der Waals surface area contributed by atoms with E-state index in [1.807, 2.05) is 19.1 Å². The summed E-state index contributed by atoms with van der Waals surface area (Å²) in [6.45, 7) is 5.39. The molecule has 198 valence electrons. The molecule has 0 bridgehead atoms. The van der Waals surface area contributed by atoms with E-state index in [4.69, 9.17) is 9.72 Å². The van der Waals surface area contributed by atoms with Crippen molar-refractivity contribution in [2.45, 2.75) is 31.0 Å². The predicted molar refractivity (Wildman–Crippen MR) is 134 cm³/mol. The summed E-state index contributed by atoms with van der Waals surface area (Å²) in [5, 5.41) is 6.31. The van der Waals surface area contributed by atoms with Gasteiger partial charge < -0.3 is 20.3 Å². The van der Waals surface area contributed by atoms with Gasteiger partial charge in [0.15, 0.2) is 9.84 Å². The highest BCUT2D eigenvalue weighted by atomic mass is 32.2. The molecule has 0 aromatic carbocycles. The van der Waals surface area contributed by atoms with E-state index in [2.05, 4.69) is 25.5 Å². The fourth-order valence-electron chi connectivity index (χ4n) is 4.24. The van der Waals surface area contributed by atoms with E-state index < -0.39 is 21.6 Å². The van der Waals surface area contributed by atoms with Gasteiger partial charge in [-0.2, -0.15) is 13.2 Å². The fourth-order valence-corrected chi connectivity index (χ4v) is 7.07. The summed E-state index contributed by atoms with van der Waals surface area (Å²) in [4.78, 5) is 15.4. The van der Waals surface area contributed by atoms with Gasteiger partial charge in [-0.25, -0.2) is 23.4 Å². The van der Waals surface area contributed by atoms with Crippen molar-refractivity contribution < 1.29 is 26.3 Å². The Labute approximate surface area is 216 Å². The smallest absolute Gasteiger partial charge is 0.375 e. The van der Waals surface area contributed by atoms with Crippen molar-refractivity contribution in [1.29, 1.82) is 0 Å². The van der Waals surface area contributed by atoms with Crippen LogP contribution in [0.25, 0.3) is 10.6 Å². The third-order valence-electron chi connectivity index (χ3n) is 6.14. The molecule has 0 spiro atoms. The Hall–Kier alpha value is -2.81. The Morgan fingerprint density at radius 1 is 1.22 bits per heavy atom. The van der Waals surface area contributed by atoms with Crippen molar-refractivity contribution >= 4 is 38.6 Å². The zero-order valence-electron chi connectivity index (χ0n) is 19.9. The predicted octanol–water partition coefficient (Wildman–Crippen LogP) is 3.64. The van der Waals surface area contributed by atoms with Gasteiger partial charge in [-0.3, -0.25) is 0 Å². The molecule has 14 heteroatoms. The molecule has 3 aromatic rings. The number of ether oxygens (including phenoxy) is 1. The van der Waals surface area contributed by atoms with E-state index in [9.17, 15) is 21.6 Å². The van der Waals surface area contributed by atoms with Crippen molar-refractivity contribution in [2.75, 3.05) is 48.8 Å². The molecule has 2 N–H and O–H groups in total. The van der Waals surface area contributed by atoms with E-state index in [0.29, 0.717) is 17.0 Å². The Morgan fingerprint density at radius 2 is 2.00 bits per heavy atom. The number of halogens is 3. The number of piperazine rings is 1. The summed E-state index contributed by atoms with van der Waals surface area (Å²) in [5.74, 6) is 0.564. The quantitative estimate of drug-likeness (QED) is 0.489. The normalized spacial score (nSPS) is 17.8. The van der Waals surface area contributed by atoms with Gasteiger partial charge in [-0.1, -0.05) is 6.92 Å². The molecular weight excluding hydrogens is 529 g/mol. The first-order valence-corrected chi connectivity index (χ1v) is 14.2. The van der Waals surface area contributed by atoms with Gasteiger partial charge in [0.25, 0.3) is 0 Å². The average Bonchev–Trinajstić information content (AvgIpc) is 3.26. The molecule has 37 heavy (non-hydrogen) atoms. The maximum atomic E-state index is 13.9. The van der Waals surface area contributed by atoms with E-state index in [-0.39, 0.29) is 40.4 Å². The number of hydrogen-bond acceptors (Lipinski definition) is 10. The molecule has 9 nitrogen and oxygen atoms in total. The van der Waals surface area contributed by atoms with E-state index in [1.54, 1.807) is 0 Å².